The van der Waals surface area contributed by atoms with E-state index >= 15 is 0 Å². The van der Waals surface area contributed by atoms with E-state index in [2.05, 4.69) is 4.90 Å². The molecular formula is C14H20ClNO2S. The predicted octanol–water partition coefficient (Wildman–Crippen LogP) is 4.01. The van der Waals surface area contributed by atoms with Crippen LogP contribution in [-0.4, -0.2) is 28.6 Å². The molecule has 106 valence electrons. The van der Waals surface area contributed by atoms with Crippen molar-refractivity contribution in [2.24, 2.45) is 0 Å². The molecule has 1 heterocycles. The third-order valence-electron chi connectivity index (χ3n) is 4.10. The zero-order chi connectivity index (χ0) is 13.9. The molecule has 5 heteroatoms. The normalized spacial score (nSPS) is 18.7. The van der Waals surface area contributed by atoms with Gasteiger partial charge in [0.1, 0.15) is 0 Å². The van der Waals surface area contributed by atoms with E-state index in [-0.39, 0.29) is 12.0 Å². The second kappa shape index (κ2) is 6.25. The lowest BCUT2D eigenvalue weighted by atomic mass is 9.78. The highest BCUT2D eigenvalue weighted by atomic mass is 35.5. The minimum atomic E-state index is -0.696. The van der Waals surface area contributed by atoms with Gasteiger partial charge in [-0.1, -0.05) is 30.9 Å². The lowest BCUT2D eigenvalue weighted by Gasteiger charge is -2.43. The molecule has 0 bridgehead atoms. The van der Waals surface area contributed by atoms with Gasteiger partial charge in [0.15, 0.2) is 0 Å². The number of hydrogen-bond donors (Lipinski definition) is 1. The molecule has 1 aromatic rings. The number of rotatable bonds is 5. The Morgan fingerprint density at radius 2 is 2.11 bits per heavy atom. The van der Waals surface area contributed by atoms with Gasteiger partial charge in [-0.15, -0.1) is 11.3 Å². The second-order valence-electron chi connectivity index (χ2n) is 5.42. The van der Waals surface area contributed by atoms with Crippen molar-refractivity contribution >= 4 is 28.9 Å². The molecule has 3 nitrogen and oxygen atoms in total. The number of hydrogen-bond acceptors (Lipinski definition) is 3. The van der Waals surface area contributed by atoms with Crippen LogP contribution in [0.25, 0.3) is 0 Å². The summed E-state index contributed by atoms with van der Waals surface area (Å²) in [5.74, 6) is -0.696. The lowest BCUT2D eigenvalue weighted by molar-refractivity contribution is -0.141. The molecule has 0 unspecified atom stereocenters. The smallest absolute Gasteiger partial charge is 0.305 e. The van der Waals surface area contributed by atoms with Crippen LogP contribution in [0.15, 0.2) is 12.1 Å². The summed E-state index contributed by atoms with van der Waals surface area (Å²) in [5.41, 5.74) is -0.180. The van der Waals surface area contributed by atoms with Gasteiger partial charge in [0.2, 0.25) is 0 Å². The molecule has 0 atom stereocenters. The minimum absolute atomic E-state index is 0.180. The molecular weight excluding hydrogens is 282 g/mol. The van der Waals surface area contributed by atoms with Gasteiger partial charge in [-0.2, -0.15) is 0 Å². The number of halogens is 1. The van der Waals surface area contributed by atoms with Crippen molar-refractivity contribution in [2.45, 2.75) is 50.6 Å². The van der Waals surface area contributed by atoms with Crippen LogP contribution in [0.5, 0.6) is 0 Å². The van der Waals surface area contributed by atoms with Crippen molar-refractivity contribution in [3.05, 3.63) is 21.3 Å². The quantitative estimate of drug-likeness (QED) is 0.893. The molecule has 1 saturated carbocycles. The topological polar surface area (TPSA) is 40.5 Å². The maximum atomic E-state index is 11.2. The molecule has 1 aromatic heterocycles. The highest BCUT2D eigenvalue weighted by Gasteiger charge is 2.38. The van der Waals surface area contributed by atoms with Gasteiger partial charge in [-0.05, 0) is 32.0 Å². The first-order valence-electron chi connectivity index (χ1n) is 6.69. The number of thiophene rings is 1. The van der Waals surface area contributed by atoms with Crippen LogP contribution < -0.4 is 0 Å². The zero-order valence-corrected chi connectivity index (χ0v) is 12.8. The number of nitrogens with zero attached hydrogens (tertiary/aromatic N) is 1. The number of carboxylic acids is 1. The summed E-state index contributed by atoms with van der Waals surface area (Å²) in [6, 6.07) is 3.93. The SMILES string of the molecule is CN(Cc1ccc(Cl)s1)C1(CC(=O)O)CCCCC1. The number of carbonyl (C=O) groups is 1. The number of aliphatic carboxylic acids is 1. The van der Waals surface area contributed by atoms with E-state index in [1.807, 2.05) is 19.2 Å². The van der Waals surface area contributed by atoms with Gasteiger partial charge in [-0.25, -0.2) is 0 Å². The number of carboxylic acid groups (broad SMARTS) is 1. The van der Waals surface area contributed by atoms with Crippen LogP contribution in [0.3, 0.4) is 0 Å². The van der Waals surface area contributed by atoms with Crippen LogP contribution in [0, 0.1) is 0 Å². The van der Waals surface area contributed by atoms with Gasteiger partial charge in [0.25, 0.3) is 0 Å². The molecule has 1 N–H and O–H groups in total. The monoisotopic (exact) mass is 301 g/mol. The Morgan fingerprint density at radius 3 is 2.63 bits per heavy atom. The highest BCUT2D eigenvalue weighted by molar-refractivity contribution is 7.16. The fourth-order valence-electron chi connectivity index (χ4n) is 3.02. The Bertz CT molecular complexity index is 440. The summed E-state index contributed by atoms with van der Waals surface area (Å²) in [4.78, 5) is 14.6. The maximum Gasteiger partial charge on any atom is 0.305 e. The molecule has 19 heavy (non-hydrogen) atoms. The third kappa shape index (κ3) is 3.71. The maximum absolute atomic E-state index is 11.2. The van der Waals surface area contributed by atoms with E-state index in [1.54, 1.807) is 11.3 Å². The second-order valence-corrected chi connectivity index (χ2v) is 7.22. The third-order valence-corrected chi connectivity index (χ3v) is 5.31. The summed E-state index contributed by atoms with van der Waals surface area (Å²) in [7, 11) is 2.04. The summed E-state index contributed by atoms with van der Waals surface area (Å²) in [6.07, 6.45) is 5.68. The highest BCUT2D eigenvalue weighted by Crippen LogP contribution is 2.37. The van der Waals surface area contributed by atoms with Gasteiger partial charge in [-0.3, -0.25) is 9.69 Å². The van der Waals surface area contributed by atoms with E-state index in [9.17, 15) is 9.90 Å². The molecule has 2 rings (SSSR count). The van der Waals surface area contributed by atoms with Crippen LogP contribution in [0.4, 0.5) is 0 Å². The molecule has 0 radical (unpaired) electrons. The van der Waals surface area contributed by atoms with Crippen molar-refractivity contribution < 1.29 is 9.90 Å². The van der Waals surface area contributed by atoms with Crippen molar-refractivity contribution in [1.82, 2.24) is 4.90 Å². The Morgan fingerprint density at radius 1 is 1.42 bits per heavy atom. The Balaban J connectivity index is 2.10. The minimum Gasteiger partial charge on any atom is -0.481 e. The fraction of sp³-hybridized carbons (Fsp3) is 0.643. The van der Waals surface area contributed by atoms with E-state index in [1.165, 1.54) is 11.3 Å². The first-order chi connectivity index (χ1) is 9.02. The van der Waals surface area contributed by atoms with Gasteiger partial charge < -0.3 is 5.11 Å². The largest absolute Gasteiger partial charge is 0.481 e. The average molecular weight is 302 g/mol. The average Bonchev–Trinajstić information content (AvgIpc) is 2.75. The fourth-order valence-corrected chi connectivity index (χ4v) is 4.16. The molecule has 1 fully saturated rings. The van der Waals surface area contributed by atoms with E-state index in [0.29, 0.717) is 0 Å². The first-order valence-corrected chi connectivity index (χ1v) is 7.88. The van der Waals surface area contributed by atoms with E-state index in [0.717, 1.165) is 36.6 Å². The summed E-state index contributed by atoms with van der Waals surface area (Å²) in [5, 5.41) is 9.20. The van der Waals surface area contributed by atoms with Crippen LogP contribution in [0.1, 0.15) is 43.4 Å². The molecule has 0 aromatic carbocycles. The molecule has 0 saturated heterocycles. The van der Waals surface area contributed by atoms with Crippen LogP contribution in [-0.2, 0) is 11.3 Å². The van der Waals surface area contributed by atoms with E-state index in [4.69, 9.17) is 11.6 Å². The van der Waals surface area contributed by atoms with Crippen molar-refractivity contribution in [3.8, 4) is 0 Å². The standard InChI is InChI=1S/C14H20ClNO2S/c1-16(10-11-5-6-12(15)19-11)14(9-13(17)18)7-3-2-4-8-14/h5-6H,2-4,7-10H2,1H3,(H,17,18). The molecule has 0 amide bonds. The van der Waals surface area contributed by atoms with Gasteiger partial charge >= 0.3 is 5.97 Å². The van der Waals surface area contributed by atoms with Crippen molar-refractivity contribution in [1.29, 1.82) is 0 Å². The Hall–Kier alpha value is -0.580. The van der Waals surface area contributed by atoms with Crippen LogP contribution in [0.2, 0.25) is 4.34 Å². The summed E-state index contributed by atoms with van der Waals surface area (Å²) < 4.78 is 0.791. The summed E-state index contributed by atoms with van der Waals surface area (Å²) >= 11 is 7.53. The molecule has 1 aliphatic carbocycles. The molecule has 1 aliphatic rings. The zero-order valence-electron chi connectivity index (χ0n) is 11.2. The van der Waals surface area contributed by atoms with E-state index < -0.39 is 5.97 Å². The molecule has 0 aliphatic heterocycles. The van der Waals surface area contributed by atoms with Crippen molar-refractivity contribution in [3.63, 3.8) is 0 Å². The van der Waals surface area contributed by atoms with Crippen LogP contribution >= 0.6 is 22.9 Å². The Kier molecular flexibility index (Phi) is 4.87. The summed E-state index contributed by atoms with van der Waals surface area (Å²) in [6.45, 7) is 0.782. The first kappa shape index (κ1) is 14.8. The van der Waals surface area contributed by atoms with Gasteiger partial charge in [0, 0.05) is 17.0 Å². The predicted molar refractivity (Wildman–Crippen MR) is 78.9 cm³/mol. The Labute approximate surface area is 123 Å². The lowest BCUT2D eigenvalue weighted by Crippen LogP contribution is -2.48. The van der Waals surface area contributed by atoms with Gasteiger partial charge in [0.05, 0.1) is 10.8 Å². The molecule has 0 spiro atoms. The van der Waals surface area contributed by atoms with Crippen molar-refractivity contribution in [2.75, 3.05) is 7.05 Å².